The van der Waals surface area contributed by atoms with E-state index in [1.165, 1.54) is 0 Å². The number of nitrogens with zero attached hydrogens (tertiary/aromatic N) is 3. The Morgan fingerprint density at radius 2 is 2.04 bits per heavy atom. The maximum absolute atomic E-state index is 12.9. The minimum atomic E-state index is -0.443. The molecule has 0 spiro atoms. The normalized spacial score (nSPS) is 23.6. The van der Waals surface area contributed by atoms with E-state index in [9.17, 15) is 9.90 Å². The third-order valence-corrected chi connectivity index (χ3v) is 5.50. The van der Waals surface area contributed by atoms with Crippen LogP contribution in [0.3, 0.4) is 0 Å². The maximum Gasteiger partial charge on any atom is 0.271 e. The number of rotatable bonds is 4. The van der Waals surface area contributed by atoms with Crippen LogP contribution in [0.2, 0.25) is 0 Å². The zero-order valence-electron chi connectivity index (χ0n) is 16.0. The molecule has 3 heterocycles. The number of hydrogen-bond donors (Lipinski definition) is 2. The van der Waals surface area contributed by atoms with Gasteiger partial charge in [-0.3, -0.25) is 14.8 Å². The summed E-state index contributed by atoms with van der Waals surface area (Å²) in [6.45, 7) is 3.85. The van der Waals surface area contributed by atoms with Gasteiger partial charge in [0.2, 0.25) is 0 Å². The highest BCUT2D eigenvalue weighted by atomic mass is 16.5. The molecular formula is C20H26N4O4. The lowest BCUT2D eigenvalue weighted by Crippen LogP contribution is -2.45. The summed E-state index contributed by atoms with van der Waals surface area (Å²) in [6.07, 6.45) is 0.427. The minimum absolute atomic E-state index is 0.0314. The van der Waals surface area contributed by atoms with Gasteiger partial charge < -0.3 is 19.5 Å². The molecule has 4 rings (SSSR count). The SMILES string of the molecule is COc1ccc(-c2cc(C(=O)N3CCCN([C@H]4COC[C@@H]4O)CC3)[nH]n2)cc1. The molecule has 8 nitrogen and oxygen atoms in total. The standard InChI is InChI=1S/C20H26N4O4/c1-27-15-5-3-14(4-6-15)16-11-17(22-21-16)20(26)24-8-2-7-23(9-10-24)18-12-28-13-19(18)25/h3-6,11,18-19,25H,2,7-10,12-13H2,1H3,(H,21,22)/t18-,19-/m0/s1. The van der Waals surface area contributed by atoms with Crippen LogP contribution in [0, 0.1) is 0 Å². The number of amides is 1. The third-order valence-electron chi connectivity index (χ3n) is 5.50. The molecule has 2 atom stereocenters. The molecule has 28 heavy (non-hydrogen) atoms. The maximum atomic E-state index is 12.9. The number of nitrogens with one attached hydrogen (secondary N) is 1. The Morgan fingerprint density at radius 1 is 1.21 bits per heavy atom. The molecule has 0 bridgehead atoms. The average Bonchev–Trinajstić information content (AvgIpc) is 3.31. The third kappa shape index (κ3) is 3.89. The summed E-state index contributed by atoms with van der Waals surface area (Å²) in [7, 11) is 1.63. The number of hydrogen-bond acceptors (Lipinski definition) is 6. The van der Waals surface area contributed by atoms with E-state index < -0.39 is 6.10 Å². The molecule has 1 aromatic heterocycles. The van der Waals surface area contributed by atoms with Crippen molar-refractivity contribution in [3.63, 3.8) is 0 Å². The summed E-state index contributed by atoms with van der Waals surface area (Å²) >= 11 is 0. The Labute approximate surface area is 164 Å². The van der Waals surface area contributed by atoms with Crippen LogP contribution in [0.5, 0.6) is 5.75 Å². The number of methoxy groups -OCH3 is 1. The van der Waals surface area contributed by atoms with Crippen LogP contribution in [0.1, 0.15) is 16.9 Å². The Hall–Kier alpha value is -2.42. The minimum Gasteiger partial charge on any atom is -0.497 e. The second kappa shape index (κ2) is 8.30. The predicted molar refractivity (Wildman–Crippen MR) is 103 cm³/mol. The quantitative estimate of drug-likeness (QED) is 0.815. The van der Waals surface area contributed by atoms with E-state index in [0.29, 0.717) is 32.0 Å². The number of benzene rings is 1. The van der Waals surface area contributed by atoms with Gasteiger partial charge in [-0.1, -0.05) is 0 Å². The monoisotopic (exact) mass is 386 g/mol. The first-order valence-corrected chi connectivity index (χ1v) is 9.64. The second-order valence-electron chi connectivity index (χ2n) is 7.25. The van der Waals surface area contributed by atoms with Gasteiger partial charge in [-0.2, -0.15) is 5.10 Å². The Balaban J connectivity index is 1.41. The fourth-order valence-electron chi connectivity index (χ4n) is 3.86. The van der Waals surface area contributed by atoms with Crippen molar-refractivity contribution in [3.05, 3.63) is 36.0 Å². The number of H-pyrrole nitrogens is 1. The summed E-state index contributed by atoms with van der Waals surface area (Å²) in [5.41, 5.74) is 2.14. The van der Waals surface area contributed by atoms with Crippen molar-refractivity contribution in [2.45, 2.75) is 18.6 Å². The van der Waals surface area contributed by atoms with E-state index in [2.05, 4.69) is 15.1 Å². The number of aromatic amines is 1. The molecule has 2 aliphatic rings. The van der Waals surface area contributed by atoms with Crippen LogP contribution >= 0.6 is 0 Å². The summed E-state index contributed by atoms with van der Waals surface area (Å²) < 4.78 is 10.5. The summed E-state index contributed by atoms with van der Waals surface area (Å²) in [6, 6.07) is 9.40. The van der Waals surface area contributed by atoms with E-state index in [1.807, 2.05) is 29.2 Å². The van der Waals surface area contributed by atoms with Crippen LogP contribution < -0.4 is 4.74 Å². The number of carbonyl (C=O) groups excluding carboxylic acids is 1. The van der Waals surface area contributed by atoms with E-state index in [-0.39, 0.29) is 11.9 Å². The van der Waals surface area contributed by atoms with E-state index in [0.717, 1.165) is 36.5 Å². The van der Waals surface area contributed by atoms with E-state index in [1.54, 1.807) is 13.2 Å². The van der Waals surface area contributed by atoms with Crippen molar-refractivity contribution >= 4 is 5.91 Å². The van der Waals surface area contributed by atoms with Gasteiger partial charge in [0.1, 0.15) is 11.4 Å². The van der Waals surface area contributed by atoms with Crippen molar-refractivity contribution in [2.24, 2.45) is 0 Å². The van der Waals surface area contributed by atoms with Crippen molar-refractivity contribution in [2.75, 3.05) is 46.5 Å². The zero-order valence-corrected chi connectivity index (χ0v) is 16.0. The van der Waals surface area contributed by atoms with E-state index in [4.69, 9.17) is 9.47 Å². The van der Waals surface area contributed by atoms with Crippen molar-refractivity contribution in [1.29, 1.82) is 0 Å². The van der Waals surface area contributed by atoms with E-state index >= 15 is 0 Å². The van der Waals surface area contributed by atoms with Gasteiger partial charge in [-0.25, -0.2) is 0 Å². The van der Waals surface area contributed by atoms with Crippen LogP contribution in [-0.2, 0) is 4.74 Å². The molecule has 0 aliphatic carbocycles. The molecule has 2 fully saturated rings. The Morgan fingerprint density at radius 3 is 2.75 bits per heavy atom. The first-order valence-electron chi connectivity index (χ1n) is 9.64. The van der Waals surface area contributed by atoms with Crippen LogP contribution in [0.25, 0.3) is 11.3 Å². The van der Waals surface area contributed by atoms with Gasteiger partial charge in [0.15, 0.2) is 0 Å². The van der Waals surface area contributed by atoms with Crippen LogP contribution in [0.4, 0.5) is 0 Å². The first kappa shape index (κ1) is 18.9. The molecule has 2 N–H and O–H groups in total. The number of ether oxygens (including phenoxy) is 2. The molecule has 2 aromatic rings. The highest BCUT2D eigenvalue weighted by Gasteiger charge is 2.33. The van der Waals surface area contributed by atoms with Gasteiger partial charge in [-0.05, 0) is 36.8 Å². The smallest absolute Gasteiger partial charge is 0.271 e. The fraction of sp³-hybridized carbons (Fsp3) is 0.500. The number of carbonyl (C=O) groups is 1. The highest BCUT2D eigenvalue weighted by Crippen LogP contribution is 2.22. The lowest BCUT2D eigenvalue weighted by Gasteiger charge is -2.28. The van der Waals surface area contributed by atoms with Crippen molar-refractivity contribution < 1.29 is 19.4 Å². The Bertz CT molecular complexity index is 807. The summed E-state index contributed by atoms with van der Waals surface area (Å²) in [5.74, 6) is 0.736. The van der Waals surface area contributed by atoms with Crippen LogP contribution in [-0.4, -0.2) is 89.7 Å². The van der Waals surface area contributed by atoms with Crippen molar-refractivity contribution in [3.8, 4) is 17.0 Å². The number of aliphatic hydroxyl groups excluding tert-OH is 1. The number of aromatic nitrogens is 2. The topological polar surface area (TPSA) is 90.9 Å². The molecule has 0 unspecified atom stereocenters. The molecule has 1 aromatic carbocycles. The Kier molecular flexibility index (Phi) is 5.61. The van der Waals surface area contributed by atoms with Gasteiger partial charge in [0.25, 0.3) is 5.91 Å². The van der Waals surface area contributed by atoms with Gasteiger partial charge in [0.05, 0.1) is 38.2 Å². The predicted octanol–water partition coefficient (Wildman–Crippen LogP) is 0.993. The zero-order chi connectivity index (χ0) is 19.5. The molecule has 150 valence electrons. The molecule has 8 heteroatoms. The average molecular weight is 386 g/mol. The summed E-state index contributed by atoms with van der Waals surface area (Å²) in [4.78, 5) is 17.0. The molecule has 0 saturated carbocycles. The fourth-order valence-corrected chi connectivity index (χ4v) is 3.86. The first-order chi connectivity index (χ1) is 13.7. The van der Waals surface area contributed by atoms with Gasteiger partial charge in [0, 0.05) is 31.7 Å². The molecule has 2 aliphatic heterocycles. The lowest BCUT2D eigenvalue weighted by atomic mass is 10.1. The second-order valence-corrected chi connectivity index (χ2v) is 7.25. The largest absolute Gasteiger partial charge is 0.497 e. The number of aliphatic hydroxyl groups is 1. The van der Waals surface area contributed by atoms with Crippen molar-refractivity contribution in [1.82, 2.24) is 20.0 Å². The summed E-state index contributed by atoms with van der Waals surface area (Å²) in [5, 5.41) is 17.2. The molecule has 2 saturated heterocycles. The lowest BCUT2D eigenvalue weighted by molar-refractivity contribution is 0.0720. The molecule has 1 amide bonds. The molecular weight excluding hydrogens is 360 g/mol. The molecule has 0 radical (unpaired) electrons. The highest BCUT2D eigenvalue weighted by molar-refractivity contribution is 5.93. The van der Waals surface area contributed by atoms with Crippen LogP contribution in [0.15, 0.2) is 30.3 Å². The van der Waals surface area contributed by atoms with Gasteiger partial charge >= 0.3 is 0 Å². The van der Waals surface area contributed by atoms with Gasteiger partial charge in [-0.15, -0.1) is 0 Å².